The van der Waals surface area contributed by atoms with E-state index in [2.05, 4.69) is 17.2 Å². The third-order valence-electron chi connectivity index (χ3n) is 4.46. The number of fused-ring (bicyclic) bond motifs is 1. The Kier molecular flexibility index (Phi) is 3.85. The van der Waals surface area contributed by atoms with Crippen LogP contribution in [-0.2, 0) is 17.6 Å². The van der Waals surface area contributed by atoms with E-state index in [1.807, 2.05) is 0 Å². The lowest BCUT2D eigenvalue weighted by atomic mass is 9.94. The lowest BCUT2D eigenvalue weighted by Crippen LogP contribution is -2.33. The molecule has 1 fully saturated rings. The number of aryl methyl sites for hydroxylation is 2. The summed E-state index contributed by atoms with van der Waals surface area (Å²) in [6, 6.07) is 1.80. The van der Waals surface area contributed by atoms with Gasteiger partial charge in [0.15, 0.2) is 0 Å². The van der Waals surface area contributed by atoms with Crippen LogP contribution in [-0.4, -0.2) is 34.8 Å². The van der Waals surface area contributed by atoms with Gasteiger partial charge in [0.05, 0.1) is 5.60 Å². The smallest absolute Gasteiger partial charge is 0.339 e. The molecule has 0 radical (unpaired) electrons. The van der Waals surface area contributed by atoms with Crippen LogP contribution in [0.4, 0.5) is 5.82 Å². The number of carbonyl (C=O) groups is 1. The number of aromatic nitrogens is 1. The van der Waals surface area contributed by atoms with Gasteiger partial charge in [-0.2, -0.15) is 0 Å². The molecule has 0 amide bonds. The Hall–Kier alpha value is -1.62. The highest BCUT2D eigenvalue weighted by Crippen LogP contribution is 2.28. The highest BCUT2D eigenvalue weighted by Gasteiger charge is 2.30. The normalized spacial score (nSPS) is 24.6. The Bertz CT molecular complexity index is 551. The first-order valence-corrected chi connectivity index (χ1v) is 7.71. The van der Waals surface area contributed by atoms with Gasteiger partial charge in [-0.3, -0.25) is 0 Å². The van der Waals surface area contributed by atoms with Crippen LogP contribution in [0.15, 0.2) is 6.07 Å². The van der Waals surface area contributed by atoms with Crippen molar-refractivity contribution in [3.63, 3.8) is 0 Å². The molecule has 1 aromatic rings. The standard InChI is InChI=1S/C16H22N2O3/c1-16(7-4-8-21-16)10-17-14-12(15(19)20)9-11-5-2-3-6-13(11)18-14/h9H,2-8,10H2,1H3,(H,17,18)(H,19,20). The maximum Gasteiger partial charge on any atom is 0.339 e. The average Bonchev–Trinajstić information content (AvgIpc) is 2.91. The number of pyridine rings is 1. The average molecular weight is 290 g/mol. The van der Waals surface area contributed by atoms with Crippen LogP contribution < -0.4 is 5.32 Å². The molecule has 5 heteroatoms. The van der Waals surface area contributed by atoms with Crippen molar-refractivity contribution in [3.05, 3.63) is 22.9 Å². The predicted octanol–water partition coefficient (Wildman–Crippen LogP) is 2.64. The van der Waals surface area contributed by atoms with Gasteiger partial charge < -0.3 is 15.2 Å². The fraction of sp³-hybridized carbons (Fsp3) is 0.625. The van der Waals surface area contributed by atoms with E-state index in [1.165, 1.54) is 0 Å². The third kappa shape index (κ3) is 3.02. The zero-order valence-electron chi connectivity index (χ0n) is 12.4. The van der Waals surface area contributed by atoms with Gasteiger partial charge in [0.2, 0.25) is 0 Å². The van der Waals surface area contributed by atoms with Gasteiger partial charge in [0, 0.05) is 18.8 Å². The summed E-state index contributed by atoms with van der Waals surface area (Å²) in [4.78, 5) is 16.1. The Morgan fingerprint density at radius 2 is 2.24 bits per heavy atom. The molecule has 0 saturated carbocycles. The molecule has 2 heterocycles. The fourth-order valence-corrected chi connectivity index (χ4v) is 3.18. The highest BCUT2D eigenvalue weighted by atomic mass is 16.5. The maximum absolute atomic E-state index is 11.5. The van der Waals surface area contributed by atoms with Gasteiger partial charge in [-0.1, -0.05) is 0 Å². The number of aromatic carboxylic acids is 1. The Balaban J connectivity index is 1.84. The number of ether oxygens (including phenoxy) is 1. The van der Waals surface area contributed by atoms with Gasteiger partial charge in [-0.05, 0) is 57.1 Å². The van der Waals surface area contributed by atoms with E-state index in [9.17, 15) is 9.90 Å². The van der Waals surface area contributed by atoms with E-state index < -0.39 is 5.97 Å². The minimum Gasteiger partial charge on any atom is -0.478 e. The fourth-order valence-electron chi connectivity index (χ4n) is 3.18. The second-order valence-corrected chi connectivity index (χ2v) is 6.26. The molecule has 2 N–H and O–H groups in total. The molecular weight excluding hydrogens is 268 g/mol. The van der Waals surface area contributed by atoms with Crippen molar-refractivity contribution in [3.8, 4) is 0 Å². The first kappa shape index (κ1) is 14.3. The van der Waals surface area contributed by atoms with Crippen LogP contribution in [0.25, 0.3) is 0 Å². The summed E-state index contributed by atoms with van der Waals surface area (Å²) in [6.45, 7) is 3.44. The van der Waals surface area contributed by atoms with Gasteiger partial charge in [-0.15, -0.1) is 0 Å². The number of hydrogen-bond acceptors (Lipinski definition) is 4. The van der Waals surface area contributed by atoms with E-state index in [0.717, 1.165) is 56.4 Å². The number of carboxylic acids is 1. The predicted molar refractivity (Wildman–Crippen MR) is 79.9 cm³/mol. The van der Waals surface area contributed by atoms with Crippen molar-refractivity contribution in [1.82, 2.24) is 4.98 Å². The lowest BCUT2D eigenvalue weighted by molar-refractivity contribution is 0.0314. The first-order valence-electron chi connectivity index (χ1n) is 7.71. The van der Waals surface area contributed by atoms with E-state index in [4.69, 9.17) is 4.74 Å². The van der Waals surface area contributed by atoms with Gasteiger partial charge >= 0.3 is 5.97 Å². The third-order valence-corrected chi connectivity index (χ3v) is 4.46. The largest absolute Gasteiger partial charge is 0.478 e. The number of nitrogens with one attached hydrogen (secondary N) is 1. The second-order valence-electron chi connectivity index (χ2n) is 6.26. The first-order chi connectivity index (χ1) is 10.1. The quantitative estimate of drug-likeness (QED) is 0.892. The molecule has 0 aromatic carbocycles. The second kappa shape index (κ2) is 5.64. The molecule has 2 aliphatic rings. The summed E-state index contributed by atoms with van der Waals surface area (Å²) < 4.78 is 5.74. The van der Waals surface area contributed by atoms with E-state index in [1.54, 1.807) is 6.07 Å². The van der Waals surface area contributed by atoms with Crippen molar-refractivity contribution in [2.24, 2.45) is 0 Å². The molecular formula is C16H22N2O3. The Morgan fingerprint density at radius 1 is 1.43 bits per heavy atom. The van der Waals surface area contributed by atoms with Crippen LogP contribution in [0.3, 0.4) is 0 Å². The summed E-state index contributed by atoms with van der Waals surface area (Å²) >= 11 is 0. The van der Waals surface area contributed by atoms with Crippen LogP contribution in [0.5, 0.6) is 0 Å². The molecule has 3 rings (SSSR count). The molecule has 1 aliphatic carbocycles. The SMILES string of the molecule is CC1(CNc2nc3c(cc2C(=O)O)CCCC3)CCCO1. The van der Waals surface area contributed by atoms with Gasteiger partial charge in [0.25, 0.3) is 0 Å². The summed E-state index contributed by atoms with van der Waals surface area (Å²) in [5.41, 5.74) is 2.20. The molecule has 5 nitrogen and oxygen atoms in total. The topological polar surface area (TPSA) is 71.5 Å². The summed E-state index contributed by atoms with van der Waals surface area (Å²) in [6.07, 6.45) is 6.18. The lowest BCUT2D eigenvalue weighted by Gasteiger charge is -2.25. The molecule has 1 atom stereocenters. The van der Waals surface area contributed by atoms with E-state index in [0.29, 0.717) is 12.4 Å². The summed E-state index contributed by atoms with van der Waals surface area (Å²) in [7, 11) is 0. The van der Waals surface area contributed by atoms with Gasteiger partial charge in [-0.25, -0.2) is 9.78 Å². The highest BCUT2D eigenvalue weighted by molar-refractivity contribution is 5.93. The zero-order valence-corrected chi connectivity index (χ0v) is 12.4. The van der Waals surface area contributed by atoms with Crippen LogP contribution in [0, 0.1) is 0 Å². The molecule has 0 bridgehead atoms. The monoisotopic (exact) mass is 290 g/mol. The minimum atomic E-state index is -0.920. The van der Waals surface area contributed by atoms with E-state index >= 15 is 0 Å². The molecule has 114 valence electrons. The summed E-state index contributed by atoms with van der Waals surface area (Å²) in [5.74, 6) is -0.434. The number of hydrogen-bond donors (Lipinski definition) is 2. The molecule has 1 saturated heterocycles. The van der Waals surface area contributed by atoms with Crippen LogP contribution >= 0.6 is 0 Å². The zero-order chi connectivity index (χ0) is 14.9. The maximum atomic E-state index is 11.5. The van der Waals surface area contributed by atoms with Crippen molar-refractivity contribution in [2.45, 2.75) is 51.0 Å². The van der Waals surface area contributed by atoms with Crippen molar-refractivity contribution in [1.29, 1.82) is 0 Å². The molecule has 1 unspecified atom stereocenters. The van der Waals surface area contributed by atoms with Crippen molar-refractivity contribution in [2.75, 3.05) is 18.5 Å². The number of carboxylic acid groups (broad SMARTS) is 1. The Morgan fingerprint density at radius 3 is 2.95 bits per heavy atom. The molecule has 1 aromatic heterocycles. The van der Waals surface area contributed by atoms with E-state index in [-0.39, 0.29) is 11.2 Å². The van der Waals surface area contributed by atoms with Crippen molar-refractivity contribution >= 4 is 11.8 Å². The minimum absolute atomic E-state index is 0.215. The van der Waals surface area contributed by atoms with Gasteiger partial charge in [0.1, 0.15) is 11.4 Å². The van der Waals surface area contributed by atoms with Crippen LogP contribution in [0.2, 0.25) is 0 Å². The molecule has 21 heavy (non-hydrogen) atoms. The van der Waals surface area contributed by atoms with Crippen LogP contribution in [0.1, 0.15) is 54.2 Å². The molecule has 1 aliphatic heterocycles. The Labute approximate surface area is 124 Å². The number of anilines is 1. The number of rotatable bonds is 4. The summed E-state index contributed by atoms with van der Waals surface area (Å²) in [5, 5.41) is 12.6. The number of nitrogens with zero attached hydrogens (tertiary/aromatic N) is 1. The molecule has 0 spiro atoms. The van der Waals surface area contributed by atoms with Crippen molar-refractivity contribution < 1.29 is 14.6 Å².